The summed E-state index contributed by atoms with van der Waals surface area (Å²) in [6, 6.07) is 25.4. The van der Waals surface area contributed by atoms with Crippen molar-refractivity contribution in [3.8, 4) is 0 Å². The first kappa shape index (κ1) is 40.2. The lowest BCUT2D eigenvalue weighted by atomic mass is 10.2. The summed E-state index contributed by atoms with van der Waals surface area (Å²) in [7, 11) is -6.57. The molecule has 0 saturated carbocycles. The molecule has 0 unspecified atom stereocenters. The van der Waals surface area contributed by atoms with Gasteiger partial charge in [-0.1, -0.05) is 24.3 Å². The molecule has 0 saturated heterocycles. The number of nitrogens with zero attached hydrogens (tertiary/aromatic N) is 4. The fraction of sp³-hybridized carbons (Fsp3) is 0.103. The number of rotatable bonds is 12. The fourth-order valence-electron chi connectivity index (χ4n) is 5.93. The Morgan fingerprint density at radius 3 is 1.64 bits per heavy atom. The molecule has 8 aromatic rings. The zero-order chi connectivity index (χ0) is 41.0. The zero-order valence-electron chi connectivity index (χ0n) is 30.2. The summed E-state index contributed by atoms with van der Waals surface area (Å²) in [6.07, 6.45) is 3.28. The number of benzene rings is 4. The van der Waals surface area contributed by atoms with Crippen molar-refractivity contribution in [3.05, 3.63) is 153 Å². The van der Waals surface area contributed by atoms with Gasteiger partial charge in [0, 0.05) is 22.1 Å². The van der Waals surface area contributed by atoms with Crippen LogP contribution in [0.4, 0.5) is 20.2 Å². The van der Waals surface area contributed by atoms with Crippen LogP contribution in [0.15, 0.2) is 130 Å². The Morgan fingerprint density at radius 1 is 0.690 bits per heavy atom. The molecule has 19 heteroatoms. The average molecular weight is 863 g/mol. The van der Waals surface area contributed by atoms with E-state index in [0.717, 1.165) is 44.3 Å². The molecule has 0 radical (unpaired) electrons. The van der Waals surface area contributed by atoms with Gasteiger partial charge >= 0.3 is 5.97 Å². The van der Waals surface area contributed by atoms with Crippen LogP contribution in [-0.2, 0) is 44.5 Å². The molecule has 0 atom stereocenters. The van der Waals surface area contributed by atoms with Gasteiger partial charge in [0.15, 0.2) is 0 Å². The summed E-state index contributed by atoms with van der Waals surface area (Å²) < 4.78 is 90.0. The van der Waals surface area contributed by atoms with Crippen molar-refractivity contribution in [2.75, 3.05) is 16.6 Å². The molecular formula is C39H32F2N6O7S4. The number of carbonyl (C=O) groups excluding carboxylic acids is 1. The molecule has 13 nitrogen and oxygen atoms in total. The van der Waals surface area contributed by atoms with Crippen molar-refractivity contribution in [1.82, 2.24) is 19.6 Å². The molecule has 0 fully saturated rings. The van der Waals surface area contributed by atoms with Gasteiger partial charge < -0.3 is 9.84 Å². The number of nitrogens with one attached hydrogen (secondary N) is 2. The molecule has 0 aliphatic rings. The minimum absolute atomic E-state index is 0.0122. The third-order valence-corrected chi connectivity index (χ3v) is 13.7. The number of thiophene rings is 2. The minimum atomic E-state index is -3.97. The first-order valence-electron chi connectivity index (χ1n) is 17.1. The van der Waals surface area contributed by atoms with Crippen molar-refractivity contribution in [1.29, 1.82) is 0 Å². The Kier molecular flexibility index (Phi) is 11.7. The number of anilines is 2. The van der Waals surface area contributed by atoms with Crippen molar-refractivity contribution >= 4 is 81.9 Å². The van der Waals surface area contributed by atoms with E-state index in [-0.39, 0.29) is 32.9 Å². The largest absolute Gasteiger partial charge is 0.465 e. The lowest BCUT2D eigenvalue weighted by molar-refractivity contribution is 0.0602. The number of sulfonamides is 2. The second kappa shape index (κ2) is 16.9. The molecule has 4 heterocycles. The third-order valence-electron chi connectivity index (χ3n) is 8.71. The summed E-state index contributed by atoms with van der Waals surface area (Å²) in [5.74, 6) is -1.30. The minimum Gasteiger partial charge on any atom is -0.465 e. The van der Waals surface area contributed by atoms with Crippen LogP contribution in [-0.4, -0.2) is 54.6 Å². The van der Waals surface area contributed by atoms with Crippen molar-refractivity contribution in [2.45, 2.75) is 29.5 Å². The molecule has 0 aliphatic carbocycles. The normalized spacial score (nSPS) is 11.7. The Bertz CT molecular complexity index is 2960. The summed E-state index contributed by atoms with van der Waals surface area (Å²) in [6.45, 7) is 0.596. The van der Waals surface area contributed by atoms with Gasteiger partial charge in [0.1, 0.15) is 26.3 Å². The molecule has 3 N–H and O–H groups in total. The molecule has 4 aromatic carbocycles. The highest BCUT2D eigenvalue weighted by Gasteiger charge is 2.25. The van der Waals surface area contributed by atoms with Crippen LogP contribution in [0.25, 0.3) is 21.8 Å². The quantitative estimate of drug-likeness (QED) is 0.105. The first-order valence-corrected chi connectivity index (χ1v) is 21.8. The second-order valence-electron chi connectivity index (χ2n) is 12.6. The maximum atomic E-state index is 13.1. The highest BCUT2D eigenvalue weighted by molar-refractivity contribution is 7.93. The SMILES string of the molecule is COC(=O)c1sccc1S(=O)(=O)Nc1ccc2c(cnn2Cc2ccc(F)cc2)c1.O=S(=O)(Nc1ccc2c(cnn2Cc2ccc(F)cc2)c1)c1ccsc1CO. The number of aliphatic hydroxyl groups excluding tert-OH is 1. The van der Waals surface area contributed by atoms with E-state index in [1.54, 1.807) is 87.8 Å². The Morgan fingerprint density at radius 2 is 1.16 bits per heavy atom. The van der Waals surface area contributed by atoms with Crippen LogP contribution in [0.5, 0.6) is 0 Å². The van der Waals surface area contributed by atoms with Crippen LogP contribution in [0, 0.1) is 11.6 Å². The van der Waals surface area contributed by atoms with E-state index >= 15 is 0 Å². The van der Waals surface area contributed by atoms with E-state index in [1.807, 2.05) is 0 Å². The number of aliphatic hydroxyl groups is 1. The van der Waals surface area contributed by atoms with Crippen LogP contribution >= 0.6 is 22.7 Å². The summed E-state index contributed by atoms with van der Waals surface area (Å²) >= 11 is 2.19. The van der Waals surface area contributed by atoms with E-state index in [4.69, 9.17) is 0 Å². The predicted molar refractivity (Wildman–Crippen MR) is 218 cm³/mol. The number of carbonyl (C=O) groups is 1. The number of hydrogen-bond acceptors (Lipinski definition) is 11. The molecule has 0 spiro atoms. The number of fused-ring (bicyclic) bond motifs is 2. The number of methoxy groups -OCH3 is 1. The van der Waals surface area contributed by atoms with Gasteiger partial charge in [-0.2, -0.15) is 10.2 Å². The van der Waals surface area contributed by atoms with E-state index in [0.29, 0.717) is 29.3 Å². The third kappa shape index (κ3) is 8.93. The summed E-state index contributed by atoms with van der Waals surface area (Å²) in [5.41, 5.74) is 4.17. The van der Waals surface area contributed by atoms with E-state index in [1.165, 1.54) is 60.2 Å². The zero-order valence-corrected chi connectivity index (χ0v) is 33.5. The Hall–Kier alpha value is -5.99. The number of halogens is 2. The van der Waals surface area contributed by atoms with Crippen LogP contribution in [0.2, 0.25) is 0 Å². The molecule has 0 aliphatic heterocycles. The summed E-state index contributed by atoms with van der Waals surface area (Å²) in [5, 5.41) is 22.6. The van der Waals surface area contributed by atoms with Crippen LogP contribution in [0.1, 0.15) is 25.7 Å². The molecular weight excluding hydrogens is 831 g/mol. The Balaban J connectivity index is 0.000000177. The van der Waals surface area contributed by atoms with Crippen LogP contribution in [0.3, 0.4) is 0 Å². The molecule has 0 amide bonds. The van der Waals surface area contributed by atoms with Gasteiger partial charge in [-0.25, -0.2) is 30.4 Å². The number of hydrogen-bond donors (Lipinski definition) is 3. The topological polar surface area (TPSA) is 175 Å². The van der Waals surface area contributed by atoms with Gasteiger partial charge in [-0.05, 0) is 94.7 Å². The van der Waals surface area contributed by atoms with Crippen molar-refractivity contribution < 1.29 is 40.3 Å². The molecule has 298 valence electrons. The highest BCUT2D eigenvalue weighted by atomic mass is 32.2. The monoisotopic (exact) mass is 862 g/mol. The number of ether oxygens (including phenoxy) is 1. The molecule has 4 aromatic heterocycles. The van der Waals surface area contributed by atoms with E-state index in [9.17, 15) is 35.5 Å². The summed E-state index contributed by atoms with van der Waals surface area (Å²) in [4.78, 5) is 12.1. The van der Waals surface area contributed by atoms with Crippen molar-refractivity contribution in [2.24, 2.45) is 0 Å². The Labute approximate surface area is 338 Å². The molecule has 0 bridgehead atoms. The predicted octanol–water partition coefficient (Wildman–Crippen LogP) is 7.45. The second-order valence-corrected chi connectivity index (χ2v) is 17.8. The van der Waals surface area contributed by atoms with Gasteiger partial charge in [0.25, 0.3) is 20.0 Å². The molecule has 58 heavy (non-hydrogen) atoms. The average Bonchev–Trinajstić information content (AvgIpc) is 4.04. The van der Waals surface area contributed by atoms with Gasteiger partial charge in [0.05, 0.1) is 55.1 Å². The van der Waals surface area contributed by atoms with Gasteiger partial charge in [-0.15, -0.1) is 22.7 Å². The first-order chi connectivity index (χ1) is 27.8. The fourth-order valence-corrected chi connectivity index (χ4v) is 10.7. The highest BCUT2D eigenvalue weighted by Crippen LogP contribution is 2.28. The lowest BCUT2D eigenvalue weighted by Crippen LogP contribution is -2.15. The van der Waals surface area contributed by atoms with Gasteiger partial charge in [-0.3, -0.25) is 18.8 Å². The molecule has 8 rings (SSSR count). The smallest absolute Gasteiger partial charge is 0.349 e. The maximum absolute atomic E-state index is 13.1. The number of aromatic nitrogens is 4. The van der Waals surface area contributed by atoms with Crippen molar-refractivity contribution in [3.63, 3.8) is 0 Å². The van der Waals surface area contributed by atoms with E-state index < -0.39 is 26.0 Å². The van der Waals surface area contributed by atoms with Gasteiger partial charge in [0.2, 0.25) is 0 Å². The maximum Gasteiger partial charge on any atom is 0.349 e. The van der Waals surface area contributed by atoms with Crippen LogP contribution < -0.4 is 9.44 Å². The lowest BCUT2D eigenvalue weighted by Gasteiger charge is -2.09. The van der Waals surface area contributed by atoms with E-state index in [2.05, 4.69) is 24.4 Å². The standard InChI is InChI=1S/C20H16FN3O4S2.C19H16FN3O3S2/c1-28-20(25)19-18(8-9-29-19)30(26,27)23-16-6-7-17-14(10-16)11-22-24(17)12-13-2-4-15(21)5-3-13;20-15-3-1-13(2-4-15)11-23-17-6-5-16(9-14(17)10-21-23)22-28(25,26)19-7-8-27-18(19)12-24/h2-11,23H,12H2,1H3;1-10,22,24H,11-12H2. The number of esters is 1.